The van der Waals surface area contributed by atoms with Crippen molar-refractivity contribution in [1.82, 2.24) is 10.2 Å². The highest BCUT2D eigenvalue weighted by Gasteiger charge is 2.45. The summed E-state index contributed by atoms with van der Waals surface area (Å²) < 4.78 is 5.33. The van der Waals surface area contributed by atoms with E-state index in [4.69, 9.17) is 4.74 Å². The number of carbonyl (C=O) groups excluding carboxylic acids is 3. The highest BCUT2D eigenvalue weighted by molar-refractivity contribution is 6.16. The van der Waals surface area contributed by atoms with Crippen LogP contribution in [-0.4, -0.2) is 47.2 Å². The highest BCUT2D eigenvalue weighted by atomic mass is 16.6. The lowest BCUT2D eigenvalue weighted by Gasteiger charge is -2.46. The molecule has 4 amide bonds. The van der Waals surface area contributed by atoms with Crippen molar-refractivity contribution in [3.05, 3.63) is 29.8 Å². The van der Waals surface area contributed by atoms with Gasteiger partial charge in [-0.2, -0.15) is 0 Å². The van der Waals surface area contributed by atoms with Crippen LogP contribution in [0.2, 0.25) is 0 Å². The molecule has 0 aliphatic carbocycles. The summed E-state index contributed by atoms with van der Waals surface area (Å²) in [6.07, 6.45) is 1.14. The zero-order valence-electron chi connectivity index (χ0n) is 16.3. The minimum atomic E-state index is -0.599. The summed E-state index contributed by atoms with van der Waals surface area (Å²) in [4.78, 5) is 40.9. The number of rotatable bonds is 2. The van der Waals surface area contributed by atoms with E-state index in [1.54, 1.807) is 31.7 Å². The number of imide groups is 1. The fourth-order valence-electron chi connectivity index (χ4n) is 3.70. The van der Waals surface area contributed by atoms with Crippen molar-refractivity contribution in [1.29, 1.82) is 0 Å². The number of piperidine rings is 1. The van der Waals surface area contributed by atoms with Crippen molar-refractivity contribution in [2.24, 2.45) is 0 Å². The Hall–Kier alpha value is -2.57. The van der Waals surface area contributed by atoms with Gasteiger partial charge in [0.1, 0.15) is 5.60 Å². The number of alkyl carbamates (subject to hydrolysis) is 1. The van der Waals surface area contributed by atoms with Gasteiger partial charge in [-0.1, -0.05) is 12.1 Å². The number of nitrogens with one attached hydrogen (secondary N) is 1. The maximum atomic E-state index is 13.0. The first kappa shape index (κ1) is 19.2. The number of amides is 4. The first-order valence-corrected chi connectivity index (χ1v) is 9.35. The Labute approximate surface area is 159 Å². The fourth-order valence-corrected chi connectivity index (χ4v) is 3.70. The summed E-state index contributed by atoms with van der Waals surface area (Å²) in [5.41, 5.74) is 0.975. The molecule has 3 rings (SSSR count). The lowest BCUT2D eigenvalue weighted by molar-refractivity contribution is -0.121. The number of anilines is 1. The number of hydrogen-bond acceptors (Lipinski definition) is 4. The fraction of sp³-hybridized carbons (Fsp3) is 0.550. The molecule has 7 heteroatoms. The minimum absolute atomic E-state index is 0.181. The molecule has 2 fully saturated rings. The standard InChI is InChI=1S/C20H27N3O4/c1-13-7-5-8-14(11-13)23-17(24)12-16-15(9-6-10-22(16)19(23)26)21-18(25)27-20(2,3)4/h5,7-8,11,15-16H,6,9-10,12H2,1-4H3,(H,21,25). The molecule has 0 aromatic heterocycles. The third kappa shape index (κ3) is 4.23. The molecule has 2 saturated heterocycles. The first-order valence-electron chi connectivity index (χ1n) is 9.35. The SMILES string of the molecule is Cc1cccc(N2C(=O)CC3C(NC(=O)OC(C)(C)C)CCCN3C2=O)c1. The van der Waals surface area contributed by atoms with Gasteiger partial charge in [0.25, 0.3) is 0 Å². The Balaban J connectivity index is 1.77. The number of urea groups is 1. The zero-order valence-corrected chi connectivity index (χ0v) is 16.3. The van der Waals surface area contributed by atoms with E-state index < -0.39 is 11.7 Å². The van der Waals surface area contributed by atoms with Crippen LogP contribution in [0.4, 0.5) is 15.3 Å². The maximum Gasteiger partial charge on any atom is 0.407 e. The first-order chi connectivity index (χ1) is 12.7. The summed E-state index contributed by atoms with van der Waals surface area (Å²) >= 11 is 0. The van der Waals surface area contributed by atoms with Crippen LogP contribution in [0.3, 0.4) is 0 Å². The molecule has 2 aliphatic rings. The summed E-state index contributed by atoms with van der Waals surface area (Å²) in [7, 11) is 0. The van der Waals surface area contributed by atoms with Gasteiger partial charge >= 0.3 is 12.1 Å². The van der Waals surface area contributed by atoms with Crippen molar-refractivity contribution >= 4 is 23.7 Å². The van der Waals surface area contributed by atoms with E-state index in [0.717, 1.165) is 12.0 Å². The van der Waals surface area contributed by atoms with Gasteiger partial charge in [-0.25, -0.2) is 14.5 Å². The van der Waals surface area contributed by atoms with E-state index in [9.17, 15) is 14.4 Å². The number of ether oxygens (including phenoxy) is 1. The maximum absolute atomic E-state index is 13.0. The number of aryl methyl sites for hydroxylation is 1. The van der Waals surface area contributed by atoms with Gasteiger partial charge in [-0.15, -0.1) is 0 Å². The summed E-state index contributed by atoms with van der Waals surface area (Å²) in [6, 6.07) is 6.40. The molecule has 2 atom stereocenters. The molecular weight excluding hydrogens is 346 g/mol. The van der Waals surface area contributed by atoms with Gasteiger partial charge in [-0.05, 0) is 58.2 Å². The largest absolute Gasteiger partial charge is 0.444 e. The second kappa shape index (κ2) is 7.21. The lowest BCUT2D eigenvalue weighted by atomic mass is 9.91. The molecule has 7 nitrogen and oxygen atoms in total. The number of fused-ring (bicyclic) bond motifs is 1. The van der Waals surface area contributed by atoms with E-state index in [1.165, 1.54) is 4.90 Å². The molecular formula is C20H27N3O4. The average molecular weight is 373 g/mol. The highest BCUT2D eigenvalue weighted by Crippen LogP contribution is 2.30. The zero-order chi connectivity index (χ0) is 19.8. The Morgan fingerprint density at radius 1 is 1.26 bits per heavy atom. The van der Waals surface area contributed by atoms with Gasteiger partial charge in [0.15, 0.2) is 0 Å². The number of nitrogens with zero attached hydrogens (tertiary/aromatic N) is 2. The van der Waals surface area contributed by atoms with E-state index in [-0.39, 0.29) is 30.4 Å². The van der Waals surface area contributed by atoms with Crippen molar-refractivity contribution < 1.29 is 19.1 Å². The van der Waals surface area contributed by atoms with Crippen LogP contribution in [0.1, 0.15) is 45.6 Å². The Kier molecular flexibility index (Phi) is 5.13. The van der Waals surface area contributed by atoms with Crippen LogP contribution in [0, 0.1) is 6.92 Å². The average Bonchev–Trinajstić information content (AvgIpc) is 2.54. The Morgan fingerprint density at radius 3 is 2.67 bits per heavy atom. The molecule has 0 bridgehead atoms. The van der Waals surface area contributed by atoms with Gasteiger partial charge in [0.2, 0.25) is 5.91 Å². The monoisotopic (exact) mass is 373 g/mol. The predicted octanol–water partition coefficient (Wildman–Crippen LogP) is 3.21. The third-order valence-electron chi connectivity index (χ3n) is 4.81. The van der Waals surface area contributed by atoms with Gasteiger partial charge < -0.3 is 15.0 Å². The summed E-state index contributed by atoms with van der Waals surface area (Å²) in [6.45, 7) is 7.89. The second-order valence-corrected chi connectivity index (χ2v) is 8.21. The molecule has 1 aromatic carbocycles. The quantitative estimate of drug-likeness (QED) is 0.863. The van der Waals surface area contributed by atoms with E-state index in [1.807, 2.05) is 25.1 Å². The second-order valence-electron chi connectivity index (χ2n) is 8.21. The summed E-state index contributed by atoms with van der Waals surface area (Å²) in [5, 5.41) is 2.85. The molecule has 0 spiro atoms. The predicted molar refractivity (Wildman–Crippen MR) is 102 cm³/mol. The van der Waals surface area contributed by atoms with Crippen molar-refractivity contribution in [2.45, 2.75) is 64.6 Å². The molecule has 2 unspecified atom stereocenters. The minimum Gasteiger partial charge on any atom is -0.444 e. The molecule has 2 heterocycles. The number of benzene rings is 1. The lowest BCUT2D eigenvalue weighted by Crippen LogP contribution is -2.65. The Morgan fingerprint density at radius 2 is 2.00 bits per heavy atom. The van der Waals surface area contributed by atoms with Crippen LogP contribution in [0.25, 0.3) is 0 Å². The third-order valence-corrected chi connectivity index (χ3v) is 4.81. The van der Waals surface area contributed by atoms with Crippen molar-refractivity contribution in [2.75, 3.05) is 11.4 Å². The normalized spacial score (nSPS) is 23.1. The molecule has 146 valence electrons. The van der Waals surface area contributed by atoms with Crippen LogP contribution >= 0.6 is 0 Å². The summed E-state index contributed by atoms with van der Waals surface area (Å²) in [5.74, 6) is -0.246. The van der Waals surface area contributed by atoms with E-state index >= 15 is 0 Å². The molecule has 2 aliphatic heterocycles. The van der Waals surface area contributed by atoms with Gasteiger partial charge in [0.05, 0.1) is 24.2 Å². The van der Waals surface area contributed by atoms with Crippen LogP contribution in [0.5, 0.6) is 0 Å². The van der Waals surface area contributed by atoms with Crippen LogP contribution in [-0.2, 0) is 9.53 Å². The molecule has 0 saturated carbocycles. The van der Waals surface area contributed by atoms with E-state index in [2.05, 4.69) is 5.32 Å². The number of hydrogen-bond donors (Lipinski definition) is 1. The molecule has 27 heavy (non-hydrogen) atoms. The number of carbonyl (C=O) groups is 3. The van der Waals surface area contributed by atoms with Crippen LogP contribution < -0.4 is 10.2 Å². The Bertz CT molecular complexity index is 756. The van der Waals surface area contributed by atoms with Gasteiger partial charge in [0, 0.05) is 6.54 Å². The smallest absolute Gasteiger partial charge is 0.407 e. The molecule has 1 aromatic rings. The van der Waals surface area contributed by atoms with Crippen molar-refractivity contribution in [3.63, 3.8) is 0 Å². The topological polar surface area (TPSA) is 79.0 Å². The van der Waals surface area contributed by atoms with Crippen LogP contribution in [0.15, 0.2) is 24.3 Å². The molecule has 1 N–H and O–H groups in total. The molecule has 0 radical (unpaired) electrons. The van der Waals surface area contributed by atoms with Gasteiger partial charge in [-0.3, -0.25) is 4.79 Å². The van der Waals surface area contributed by atoms with E-state index in [0.29, 0.717) is 18.7 Å². The van der Waals surface area contributed by atoms with Crippen molar-refractivity contribution in [3.8, 4) is 0 Å².